The maximum Gasteiger partial charge on any atom is 0.224 e. The predicted octanol–water partition coefficient (Wildman–Crippen LogP) is 5.03. The summed E-state index contributed by atoms with van der Waals surface area (Å²) >= 11 is 0. The molecule has 2 aromatic carbocycles. The van der Waals surface area contributed by atoms with Crippen molar-refractivity contribution in [1.29, 1.82) is 0 Å². The molecule has 0 saturated carbocycles. The molecular weight excluding hydrogens is 358 g/mol. The topological polar surface area (TPSA) is 56.8 Å². The maximum absolute atomic E-state index is 4.77. The Morgan fingerprint density at radius 3 is 2.62 bits per heavy atom. The Hall–Kier alpha value is -3.34. The van der Waals surface area contributed by atoms with E-state index in [1.54, 1.807) is 0 Å². The molecule has 4 rings (SSSR count). The van der Waals surface area contributed by atoms with Gasteiger partial charge in [-0.3, -0.25) is 0 Å². The Morgan fingerprint density at radius 1 is 1.00 bits per heavy atom. The average molecular weight is 386 g/mol. The van der Waals surface area contributed by atoms with Crippen molar-refractivity contribution in [2.45, 2.75) is 32.9 Å². The van der Waals surface area contributed by atoms with E-state index >= 15 is 0 Å². The number of nitrogens with one attached hydrogen (secondary N) is 2. The van der Waals surface area contributed by atoms with Gasteiger partial charge in [-0.1, -0.05) is 48.5 Å². The maximum atomic E-state index is 4.77. The second-order valence-corrected chi connectivity index (χ2v) is 7.48. The van der Waals surface area contributed by atoms with Crippen LogP contribution < -0.4 is 10.2 Å². The highest BCUT2D eigenvalue weighted by molar-refractivity contribution is 5.83. The third kappa shape index (κ3) is 4.57. The number of anilines is 2. The first-order valence-corrected chi connectivity index (χ1v) is 10.1. The van der Waals surface area contributed by atoms with Gasteiger partial charge >= 0.3 is 0 Å². The number of aromatic amines is 1. The van der Waals surface area contributed by atoms with E-state index < -0.39 is 0 Å². The molecule has 5 heteroatoms. The second kappa shape index (κ2) is 8.78. The first kappa shape index (κ1) is 19.0. The molecule has 29 heavy (non-hydrogen) atoms. The summed E-state index contributed by atoms with van der Waals surface area (Å²) < 4.78 is 0. The molecule has 2 N–H and O–H groups in total. The zero-order valence-electron chi connectivity index (χ0n) is 17.0. The number of para-hydroxylation sites is 1. The predicted molar refractivity (Wildman–Crippen MR) is 120 cm³/mol. The van der Waals surface area contributed by atoms with Crippen molar-refractivity contribution in [3.63, 3.8) is 0 Å². The Kier molecular flexibility index (Phi) is 5.75. The van der Waals surface area contributed by atoms with Crippen LogP contribution in [-0.4, -0.2) is 27.5 Å². The first-order valence-electron chi connectivity index (χ1n) is 10.1. The number of hydrogen-bond donors (Lipinski definition) is 2. The minimum absolute atomic E-state index is 0.337. The molecule has 0 fully saturated rings. The first-order chi connectivity index (χ1) is 14.2. The van der Waals surface area contributed by atoms with Crippen LogP contribution in [0.2, 0.25) is 0 Å². The van der Waals surface area contributed by atoms with Crippen LogP contribution in [0, 0.1) is 0 Å². The van der Waals surface area contributed by atoms with E-state index in [0.717, 1.165) is 25.3 Å². The van der Waals surface area contributed by atoms with Crippen molar-refractivity contribution in [1.82, 2.24) is 15.0 Å². The molecule has 0 spiro atoms. The van der Waals surface area contributed by atoms with Crippen LogP contribution in [0.3, 0.4) is 0 Å². The summed E-state index contributed by atoms with van der Waals surface area (Å²) in [6, 6.07) is 21.2. The van der Waals surface area contributed by atoms with E-state index in [4.69, 9.17) is 4.98 Å². The lowest BCUT2D eigenvalue weighted by Gasteiger charge is -2.28. The zero-order chi connectivity index (χ0) is 20.1. The van der Waals surface area contributed by atoms with Gasteiger partial charge in [-0.05, 0) is 43.5 Å². The summed E-state index contributed by atoms with van der Waals surface area (Å²) in [4.78, 5) is 14.8. The summed E-state index contributed by atoms with van der Waals surface area (Å²) in [5.74, 6) is 1.61. The third-order valence-electron chi connectivity index (χ3n) is 5.11. The van der Waals surface area contributed by atoms with Crippen LogP contribution >= 0.6 is 0 Å². The number of fused-ring (bicyclic) bond motifs is 1. The van der Waals surface area contributed by atoms with E-state index in [9.17, 15) is 0 Å². The van der Waals surface area contributed by atoms with Gasteiger partial charge in [-0.25, -0.2) is 4.98 Å². The molecule has 2 heterocycles. The van der Waals surface area contributed by atoms with Gasteiger partial charge in [-0.15, -0.1) is 0 Å². The van der Waals surface area contributed by atoms with E-state index in [2.05, 4.69) is 88.8 Å². The highest BCUT2D eigenvalue weighted by Gasteiger charge is 2.13. The van der Waals surface area contributed by atoms with Gasteiger partial charge in [0.2, 0.25) is 5.95 Å². The van der Waals surface area contributed by atoms with Gasteiger partial charge in [0, 0.05) is 42.4 Å². The summed E-state index contributed by atoms with van der Waals surface area (Å²) in [6.45, 7) is 5.99. The standard InChI is InChI=1S/C24H27N5/c1-18(2)29(17-19-8-4-3-5-9-19)23-13-15-26-24(28-23)25-14-12-20-16-27-22-11-7-6-10-21(20)22/h3-11,13,15-16,18,27H,12,14,17H2,1-2H3,(H,25,26,28). The highest BCUT2D eigenvalue weighted by Crippen LogP contribution is 2.20. The number of nitrogens with zero attached hydrogens (tertiary/aromatic N) is 3. The molecule has 0 saturated heterocycles. The minimum Gasteiger partial charge on any atom is -0.361 e. The molecule has 5 nitrogen and oxygen atoms in total. The van der Waals surface area contributed by atoms with Crippen molar-refractivity contribution in [3.8, 4) is 0 Å². The van der Waals surface area contributed by atoms with Crippen LogP contribution in [-0.2, 0) is 13.0 Å². The minimum atomic E-state index is 0.337. The lowest BCUT2D eigenvalue weighted by atomic mass is 10.1. The average Bonchev–Trinajstić information content (AvgIpc) is 3.16. The molecule has 2 aromatic heterocycles. The molecule has 4 aromatic rings. The van der Waals surface area contributed by atoms with Gasteiger partial charge < -0.3 is 15.2 Å². The molecule has 0 amide bonds. The van der Waals surface area contributed by atoms with E-state index in [0.29, 0.717) is 12.0 Å². The Labute approximate surface area is 171 Å². The fraction of sp³-hybridized carbons (Fsp3) is 0.250. The SMILES string of the molecule is CC(C)N(Cc1ccccc1)c1ccnc(NCCc2c[nH]c3ccccc23)n1. The van der Waals surface area contributed by atoms with E-state index in [1.807, 2.05) is 18.3 Å². The smallest absolute Gasteiger partial charge is 0.224 e. The monoisotopic (exact) mass is 385 g/mol. The van der Waals surface area contributed by atoms with Gasteiger partial charge in [-0.2, -0.15) is 4.98 Å². The number of hydrogen-bond acceptors (Lipinski definition) is 4. The third-order valence-corrected chi connectivity index (χ3v) is 5.11. The summed E-state index contributed by atoms with van der Waals surface area (Å²) in [7, 11) is 0. The van der Waals surface area contributed by atoms with Gasteiger partial charge in [0.1, 0.15) is 5.82 Å². The largest absolute Gasteiger partial charge is 0.361 e. The lowest BCUT2D eigenvalue weighted by Crippen LogP contribution is -2.31. The fourth-order valence-electron chi connectivity index (χ4n) is 3.55. The van der Waals surface area contributed by atoms with Crippen LogP contribution in [0.1, 0.15) is 25.0 Å². The van der Waals surface area contributed by atoms with Crippen molar-refractivity contribution in [2.75, 3.05) is 16.8 Å². The Morgan fingerprint density at radius 2 is 1.79 bits per heavy atom. The van der Waals surface area contributed by atoms with Gasteiger partial charge in [0.25, 0.3) is 0 Å². The Balaban J connectivity index is 1.43. The molecule has 0 bridgehead atoms. The molecule has 0 radical (unpaired) electrons. The molecule has 0 unspecified atom stereocenters. The molecule has 148 valence electrons. The molecule has 0 aliphatic heterocycles. The Bertz CT molecular complexity index is 1060. The summed E-state index contributed by atoms with van der Waals surface area (Å²) in [5, 5.41) is 4.66. The molecule has 0 aliphatic carbocycles. The van der Waals surface area contributed by atoms with Gasteiger partial charge in [0.05, 0.1) is 0 Å². The molecular formula is C24H27N5. The molecule has 0 aliphatic rings. The summed E-state index contributed by atoms with van der Waals surface area (Å²) in [6.07, 6.45) is 4.83. The zero-order valence-corrected chi connectivity index (χ0v) is 17.0. The van der Waals surface area contributed by atoms with Crippen LogP contribution in [0.5, 0.6) is 0 Å². The van der Waals surface area contributed by atoms with Crippen molar-refractivity contribution >= 4 is 22.7 Å². The van der Waals surface area contributed by atoms with Crippen LogP contribution in [0.4, 0.5) is 11.8 Å². The second-order valence-electron chi connectivity index (χ2n) is 7.48. The van der Waals surface area contributed by atoms with Crippen molar-refractivity contribution < 1.29 is 0 Å². The number of H-pyrrole nitrogens is 1. The lowest BCUT2D eigenvalue weighted by molar-refractivity contribution is 0.671. The number of aromatic nitrogens is 3. The quantitative estimate of drug-likeness (QED) is 0.447. The van der Waals surface area contributed by atoms with E-state index in [1.165, 1.54) is 22.0 Å². The fourth-order valence-corrected chi connectivity index (χ4v) is 3.55. The number of rotatable bonds is 8. The molecule has 0 atom stereocenters. The van der Waals surface area contributed by atoms with Crippen molar-refractivity contribution in [3.05, 3.63) is 84.2 Å². The number of benzene rings is 2. The van der Waals surface area contributed by atoms with Gasteiger partial charge in [0.15, 0.2) is 0 Å². The summed E-state index contributed by atoms with van der Waals surface area (Å²) in [5.41, 5.74) is 3.75. The highest BCUT2D eigenvalue weighted by atomic mass is 15.2. The normalized spacial score (nSPS) is 11.1. The van der Waals surface area contributed by atoms with E-state index in [-0.39, 0.29) is 0 Å². The van der Waals surface area contributed by atoms with Crippen LogP contribution in [0.25, 0.3) is 10.9 Å². The van der Waals surface area contributed by atoms with Crippen LogP contribution in [0.15, 0.2) is 73.1 Å². The van der Waals surface area contributed by atoms with Crippen molar-refractivity contribution in [2.24, 2.45) is 0 Å².